The smallest absolute Gasteiger partial charge is 0.173 e. The van der Waals surface area contributed by atoms with Crippen LogP contribution < -0.4 is 5.32 Å². The molecule has 150 valence electrons. The highest BCUT2D eigenvalue weighted by Gasteiger charge is 2.22. The SMILES string of the molecule is Cc1ccc(NC(=S)N2CCc3[nH]c4ccc(-c5ccc(C)cc5)cc4c3C2)cc1. The first-order valence-electron chi connectivity index (χ1n) is 10.4. The van der Waals surface area contributed by atoms with E-state index in [-0.39, 0.29) is 0 Å². The molecule has 3 nitrogen and oxygen atoms in total. The fourth-order valence-corrected chi connectivity index (χ4v) is 4.43. The summed E-state index contributed by atoms with van der Waals surface area (Å²) in [5.41, 5.74) is 9.97. The van der Waals surface area contributed by atoms with Crippen LogP contribution in [0, 0.1) is 13.8 Å². The molecular weight excluding hydrogens is 386 g/mol. The lowest BCUT2D eigenvalue weighted by molar-refractivity contribution is 0.399. The van der Waals surface area contributed by atoms with E-state index in [0.29, 0.717) is 0 Å². The molecule has 0 spiro atoms. The van der Waals surface area contributed by atoms with E-state index in [4.69, 9.17) is 12.2 Å². The van der Waals surface area contributed by atoms with Gasteiger partial charge in [-0.3, -0.25) is 0 Å². The molecule has 0 radical (unpaired) electrons. The Hall–Kier alpha value is -3.11. The van der Waals surface area contributed by atoms with Crippen LogP contribution in [0.1, 0.15) is 22.4 Å². The highest BCUT2D eigenvalue weighted by Crippen LogP contribution is 2.32. The van der Waals surface area contributed by atoms with E-state index >= 15 is 0 Å². The Morgan fingerprint density at radius 1 is 0.900 bits per heavy atom. The number of benzene rings is 3. The summed E-state index contributed by atoms with van der Waals surface area (Å²) in [4.78, 5) is 5.90. The maximum atomic E-state index is 5.73. The van der Waals surface area contributed by atoms with Gasteiger partial charge in [-0.25, -0.2) is 0 Å². The Balaban J connectivity index is 1.42. The van der Waals surface area contributed by atoms with Crippen molar-refractivity contribution in [1.29, 1.82) is 0 Å². The molecule has 0 atom stereocenters. The van der Waals surface area contributed by atoms with Gasteiger partial charge in [-0.1, -0.05) is 53.6 Å². The average Bonchev–Trinajstić information content (AvgIpc) is 3.13. The molecule has 1 aliphatic heterocycles. The van der Waals surface area contributed by atoms with Gasteiger partial charge in [0.1, 0.15) is 0 Å². The summed E-state index contributed by atoms with van der Waals surface area (Å²) >= 11 is 5.73. The number of aryl methyl sites for hydroxylation is 2. The van der Waals surface area contributed by atoms with Gasteiger partial charge in [0.05, 0.1) is 0 Å². The number of aromatic amines is 1. The molecule has 3 aromatic carbocycles. The summed E-state index contributed by atoms with van der Waals surface area (Å²) in [6.07, 6.45) is 0.972. The van der Waals surface area contributed by atoms with Crippen molar-refractivity contribution >= 4 is 33.9 Å². The second kappa shape index (κ2) is 7.62. The van der Waals surface area contributed by atoms with Crippen LogP contribution in [-0.4, -0.2) is 21.5 Å². The Labute approximate surface area is 182 Å². The first-order chi connectivity index (χ1) is 14.6. The summed E-state index contributed by atoms with van der Waals surface area (Å²) in [6.45, 7) is 5.96. The third-order valence-corrected chi connectivity index (χ3v) is 6.31. The monoisotopic (exact) mass is 411 g/mol. The summed E-state index contributed by atoms with van der Waals surface area (Å²) in [6, 6.07) is 23.8. The fraction of sp³-hybridized carbons (Fsp3) is 0.192. The Bertz CT molecular complexity index is 1220. The number of thiocarbonyl (C=S) groups is 1. The predicted octanol–water partition coefficient (Wildman–Crippen LogP) is 6.21. The van der Waals surface area contributed by atoms with Gasteiger partial charge in [0.25, 0.3) is 0 Å². The maximum absolute atomic E-state index is 5.73. The van der Waals surface area contributed by atoms with E-state index in [9.17, 15) is 0 Å². The van der Waals surface area contributed by atoms with E-state index in [1.54, 1.807) is 0 Å². The number of H-pyrrole nitrogens is 1. The topological polar surface area (TPSA) is 31.1 Å². The van der Waals surface area contributed by atoms with Crippen molar-refractivity contribution in [3.05, 3.63) is 89.1 Å². The lowest BCUT2D eigenvalue weighted by Gasteiger charge is -2.30. The number of rotatable bonds is 2. The standard InChI is InChI=1S/C26H25N3S/c1-17-3-7-19(8-4-17)20-9-12-24-22(15-20)23-16-29(14-13-25(23)28-24)26(30)27-21-10-5-18(2)6-11-21/h3-12,15,28H,13-14,16H2,1-2H3,(H,27,30). The summed E-state index contributed by atoms with van der Waals surface area (Å²) in [7, 11) is 0. The zero-order valence-electron chi connectivity index (χ0n) is 17.3. The molecule has 2 heterocycles. The van der Waals surface area contributed by atoms with Crippen LogP contribution in [0.15, 0.2) is 66.7 Å². The number of nitrogens with one attached hydrogen (secondary N) is 2. The van der Waals surface area contributed by atoms with Gasteiger partial charge in [-0.2, -0.15) is 0 Å². The quantitative estimate of drug-likeness (QED) is 0.385. The van der Waals surface area contributed by atoms with Crippen molar-refractivity contribution in [2.24, 2.45) is 0 Å². The molecule has 0 amide bonds. The van der Waals surface area contributed by atoms with Crippen LogP contribution in [0.25, 0.3) is 22.0 Å². The van der Waals surface area contributed by atoms with E-state index in [0.717, 1.165) is 30.3 Å². The largest absolute Gasteiger partial charge is 0.358 e. The van der Waals surface area contributed by atoms with E-state index in [1.807, 2.05) is 0 Å². The first-order valence-corrected chi connectivity index (χ1v) is 10.8. The number of fused-ring (bicyclic) bond motifs is 3. The van der Waals surface area contributed by atoms with Crippen LogP contribution >= 0.6 is 12.2 Å². The maximum Gasteiger partial charge on any atom is 0.173 e. The zero-order valence-corrected chi connectivity index (χ0v) is 18.1. The molecule has 0 aliphatic carbocycles. The fourth-order valence-electron chi connectivity index (χ4n) is 4.15. The molecule has 4 aromatic rings. The van der Waals surface area contributed by atoms with Gasteiger partial charge in [0, 0.05) is 47.4 Å². The van der Waals surface area contributed by atoms with Crippen LogP contribution in [-0.2, 0) is 13.0 Å². The van der Waals surface area contributed by atoms with Crippen LogP contribution in [0.3, 0.4) is 0 Å². The van der Waals surface area contributed by atoms with Crippen molar-refractivity contribution in [3.8, 4) is 11.1 Å². The van der Waals surface area contributed by atoms with Gasteiger partial charge in [-0.05, 0) is 61.5 Å². The van der Waals surface area contributed by atoms with E-state index in [2.05, 4.69) is 95.8 Å². The number of nitrogens with zero attached hydrogens (tertiary/aromatic N) is 1. The molecular formula is C26H25N3S. The van der Waals surface area contributed by atoms with Crippen molar-refractivity contribution < 1.29 is 0 Å². The van der Waals surface area contributed by atoms with Gasteiger partial charge in [0.2, 0.25) is 0 Å². The molecule has 1 aliphatic rings. The van der Waals surface area contributed by atoms with E-state index < -0.39 is 0 Å². The van der Waals surface area contributed by atoms with Crippen LogP contribution in [0.2, 0.25) is 0 Å². The molecule has 2 N–H and O–H groups in total. The molecule has 4 heteroatoms. The minimum Gasteiger partial charge on any atom is -0.358 e. The highest BCUT2D eigenvalue weighted by atomic mass is 32.1. The van der Waals surface area contributed by atoms with Gasteiger partial charge in [-0.15, -0.1) is 0 Å². The average molecular weight is 412 g/mol. The predicted molar refractivity (Wildman–Crippen MR) is 130 cm³/mol. The lowest BCUT2D eigenvalue weighted by Crippen LogP contribution is -2.38. The minimum absolute atomic E-state index is 0.786. The Kier molecular flexibility index (Phi) is 4.80. The molecule has 5 rings (SSSR count). The molecule has 30 heavy (non-hydrogen) atoms. The normalized spacial score (nSPS) is 13.3. The highest BCUT2D eigenvalue weighted by molar-refractivity contribution is 7.80. The Morgan fingerprint density at radius 3 is 2.30 bits per heavy atom. The number of hydrogen-bond acceptors (Lipinski definition) is 1. The lowest BCUT2D eigenvalue weighted by atomic mass is 9.99. The van der Waals surface area contributed by atoms with Crippen LogP contribution in [0.5, 0.6) is 0 Å². The zero-order chi connectivity index (χ0) is 20.7. The van der Waals surface area contributed by atoms with Gasteiger partial charge in [0.15, 0.2) is 5.11 Å². The van der Waals surface area contributed by atoms with Crippen molar-refractivity contribution in [3.63, 3.8) is 0 Å². The Morgan fingerprint density at radius 2 is 1.57 bits per heavy atom. The number of hydrogen-bond donors (Lipinski definition) is 2. The minimum atomic E-state index is 0.786. The molecule has 1 aromatic heterocycles. The summed E-state index contributed by atoms with van der Waals surface area (Å²) < 4.78 is 0. The molecule has 0 bridgehead atoms. The second-order valence-electron chi connectivity index (χ2n) is 8.18. The molecule has 0 saturated heterocycles. The molecule has 0 saturated carbocycles. The van der Waals surface area contributed by atoms with Crippen molar-refractivity contribution in [2.75, 3.05) is 11.9 Å². The first kappa shape index (κ1) is 18.9. The third-order valence-electron chi connectivity index (χ3n) is 5.95. The van der Waals surface area contributed by atoms with Crippen LogP contribution in [0.4, 0.5) is 5.69 Å². The van der Waals surface area contributed by atoms with E-state index in [1.165, 1.54) is 44.4 Å². The number of anilines is 1. The summed E-state index contributed by atoms with van der Waals surface area (Å²) in [5.74, 6) is 0. The third kappa shape index (κ3) is 3.59. The van der Waals surface area contributed by atoms with Gasteiger partial charge < -0.3 is 15.2 Å². The molecule has 0 fully saturated rings. The number of aromatic nitrogens is 1. The van der Waals surface area contributed by atoms with Crippen molar-refractivity contribution in [2.45, 2.75) is 26.8 Å². The molecule has 0 unspecified atom stereocenters. The second-order valence-corrected chi connectivity index (χ2v) is 8.56. The summed E-state index contributed by atoms with van der Waals surface area (Å²) in [5, 5.41) is 5.48. The van der Waals surface area contributed by atoms with Crippen molar-refractivity contribution in [1.82, 2.24) is 9.88 Å². The van der Waals surface area contributed by atoms with Gasteiger partial charge >= 0.3 is 0 Å².